The molecule has 0 aliphatic carbocycles. The Morgan fingerprint density at radius 1 is 1.00 bits per heavy atom. The SMILES string of the molecule is CCCOc1ccc(Cl)cc1CNc1ccc(OCC)cc1. The van der Waals surface area contributed by atoms with E-state index in [1.54, 1.807) is 0 Å². The minimum atomic E-state index is 0.660. The predicted octanol–water partition coefficient (Wildman–Crippen LogP) is 5.14. The Bertz CT molecular complexity index is 584. The largest absolute Gasteiger partial charge is 0.494 e. The molecule has 0 heterocycles. The van der Waals surface area contributed by atoms with Gasteiger partial charge in [-0.05, 0) is 55.8 Å². The summed E-state index contributed by atoms with van der Waals surface area (Å²) in [6.45, 7) is 6.11. The smallest absolute Gasteiger partial charge is 0.124 e. The molecule has 0 bridgehead atoms. The lowest BCUT2D eigenvalue weighted by Crippen LogP contribution is -2.04. The maximum Gasteiger partial charge on any atom is 0.124 e. The average molecular weight is 320 g/mol. The summed E-state index contributed by atoms with van der Waals surface area (Å²) in [6.07, 6.45) is 0.981. The molecule has 0 fully saturated rings. The molecule has 0 aromatic heterocycles. The van der Waals surface area contributed by atoms with Crippen LogP contribution in [-0.4, -0.2) is 13.2 Å². The third kappa shape index (κ3) is 4.85. The fraction of sp³-hybridized carbons (Fsp3) is 0.333. The van der Waals surface area contributed by atoms with Crippen molar-refractivity contribution >= 4 is 17.3 Å². The van der Waals surface area contributed by atoms with E-state index in [0.29, 0.717) is 24.8 Å². The summed E-state index contributed by atoms with van der Waals surface area (Å²) in [6, 6.07) is 13.6. The third-order valence-corrected chi connectivity index (χ3v) is 3.37. The van der Waals surface area contributed by atoms with Gasteiger partial charge in [0.15, 0.2) is 0 Å². The Morgan fingerprint density at radius 2 is 1.77 bits per heavy atom. The predicted molar refractivity (Wildman–Crippen MR) is 92.2 cm³/mol. The molecule has 22 heavy (non-hydrogen) atoms. The first-order chi connectivity index (χ1) is 10.7. The normalized spacial score (nSPS) is 10.3. The monoisotopic (exact) mass is 319 g/mol. The molecule has 118 valence electrons. The van der Waals surface area contributed by atoms with Gasteiger partial charge in [-0.1, -0.05) is 18.5 Å². The zero-order valence-corrected chi connectivity index (χ0v) is 13.8. The first-order valence-electron chi connectivity index (χ1n) is 7.61. The molecule has 0 radical (unpaired) electrons. The fourth-order valence-electron chi connectivity index (χ4n) is 2.07. The van der Waals surface area contributed by atoms with Crippen molar-refractivity contribution in [3.8, 4) is 11.5 Å². The van der Waals surface area contributed by atoms with Gasteiger partial charge < -0.3 is 14.8 Å². The van der Waals surface area contributed by atoms with E-state index in [2.05, 4.69) is 12.2 Å². The molecular weight excluding hydrogens is 298 g/mol. The van der Waals surface area contributed by atoms with E-state index in [-0.39, 0.29) is 0 Å². The quantitative estimate of drug-likeness (QED) is 0.730. The van der Waals surface area contributed by atoms with Crippen molar-refractivity contribution in [2.75, 3.05) is 18.5 Å². The van der Waals surface area contributed by atoms with Crippen molar-refractivity contribution in [3.05, 3.63) is 53.1 Å². The maximum atomic E-state index is 6.09. The van der Waals surface area contributed by atoms with Gasteiger partial charge in [0.1, 0.15) is 11.5 Å². The first kappa shape index (κ1) is 16.5. The van der Waals surface area contributed by atoms with Crippen LogP contribution >= 0.6 is 11.6 Å². The number of anilines is 1. The second-order valence-corrected chi connectivity index (χ2v) is 5.35. The van der Waals surface area contributed by atoms with E-state index < -0.39 is 0 Å². The van der Waals surface area contributed by atoms with Crippen LogP contribution in [0.25, 0.3) is 0 Å². The highest BCUT2D eigenvalue weighted by Gasteiger charge is 2.05. The van der Waals surface area contributed by atoms with Crippen molar-refractivity contribution in [1.82, 2.24) is 0 Å². The van der Waals surface area contributed by atoms with Crippen molar-refractivity contribution in [1.29, 1.82) is 0 Å². The summed E-state index contributed by atoms with van der Waals surface area (Å²) in [5.41, 5.74) is 2.08. The lowest BCUT2D eigenvalue weighted by Gasteiger charge is -2.13. The van der Waals surface area contributed by atoms with Crippen LogP contribution in [0.3, 0.4) is 0 Å². The Morgan fingerprint density at radius 3 is 2.45 bits per heavy atom. The van der Waals surface area contributed by atoms with Crippen LogP contribution in [0.4, 0.5) is 5.69 Å². The average Bonchev–Trinajstić information content (AvgIpc) is 2.53. The van der Waals surface area contributed by atoms with Crippen LogP contribution in [0, 0.1) is 0 Å². The molecule has 0 atom stereocenters. The van der Waals surface area contributed by atoms with E-state index in [4.69, 9.17) is 21.1 Å². The number of hydrogen-bond acceptors (Lipinski definition) is 3. The third-order valence-electron chi connectivity index (χ3n) is 3.13. The van der Waals surface area contributed by atoms with Crippen molar-refractivity contribution in [3.63, 3.8) is 0 Å². The standard InChI is InChI=1S/C18H22ClNO2/c1-3-11-22-18-10-5-15(19)12-14(18)13-20-16-6-8-17(9-7-16)21-4-2/h5-10,12,20H,3-4,11,13H2,1-2H3. The minimum Gasteiger partial charge on any atom is -0.494 e. The summed E-state index contributed by atoms with van der Waals surface area (Å²) in [5, 5.41) is 4.10. The number of hydrogen-bond donors (Lipinski definition) is 1. The molecule has 3 nitrogen and oxygen atoms in total. The number of nitrogens with one attached hydrogen (secondary N) is 1. The molecule has 2 aromatic rings. The van der Waals surface area contributed by atoms with Crippen LogP contribution in [0.15, 0.2) is 42.5 Å². The first-order valence-corrected chi connectivity index (χ1v) is 7.98. The molecule has 0 amide bonds. The van der Waals surface area contributed by atoms with E-state index in [9.17, 15) is 0 Å². The molecule has 0 saturated heterocycles. The Labute approximate surface area is 137 Å². The van der Waals surface area contributed by atoms with E-state index in [0.717, 1.165) is 29.2 Å². The lowest BCUT2D eigenvalue weighted by molar-refractivity contribution is 0.314. The molecule has 0 saturated carbocycles. The van der Waals surface area contributed by atoms with Gasteiger partial charge in [0.2, 0.25) is 0 Å². The van der Waals surface area contributed by atoms with Gasteiger partial charge in [0, 0.05) is 22.8 Å². The molecule has 4 heteroatoms. The zero-order valence-electron chi connectivity index (χ0n) is 13.1. The number of benzene rings is 2. The summed E-state index contributed by atoms with van der Waals surface area (Å²) in [4.78, 5) is 0. The second kappa shape index (κ2) is 8.54. The minimum absolute atomic E-state index is 0.660. The van der Waals surface area contributed by atoms with Crippen LogP contribution < -0.4 is 14.8 Å². The molecule has 0 aliphatic rings. The highest BCUT2D eigenvalue weighted by molar-refractivity contribution is 6.30. The van der Waals surface area contributed by atoms with Crippen LogP contribution in [0.1, 0.15) is 25.8 Å². The Balaban J connectivity index is 2.02. The van der Waals surface area contributed by atoms with Gasteiger partial charge in [-0.15, -0.1) is 0 Å². The molecule has 1 N–H and O–H groups in total. The fourth-order valence-corrected chi connectivity index (χ4v) is 2.27. The highest BCUT2D eigenvalue weighted by Crippen LogP contribution is 2.24. The van der Waals surface area contributed by atoms with Gasteiger partial charge in [0.05, 0.1) is 13.2 Å². The van der Waals surface area contributed by atoms with Crippen LogP contribution in [0.5, 0.6) is 11.5 Å². The molecule has 2 aromatic carbocycles. The highest BCUT2D eigenvalue weighted by atomic mass is 35.5. The van der Waals surface area contributed by atoms with Gasteiger partial charge >= 0.3 is 0 Å². The number of rotatable bonds is 8. The van der Waals surface area contributed by atoms with E-state index in [1.165, 1.54) is 0 Å². The molecule has 0 unspecified atom stereocenters. The molecule has 0 aliphatic heterocycles. The molecular formula is C18H22ClNO2. The van der Waals surface area contributed by atoms with Gasteiger partial charge in [-0.3, -0.25) is 0 Å². The van der Waals surface area contributed by atoms with Crippen molar-refractivity contribution < 1.29 is 9.47 Å². The number of halogens is 1. The van der Waals surface area contributed by atoms with E-state index >= 15 is 0 Å². The Hall–Kier alpha value is -1.87. The zero-order chi connectivity index (χ0) is 15.8. The summed E-state index contributed by atoms with van der Waals surface area (Å²) in [5.74, 6) is 1.76. The molecule has 0 spiro atoms. The van der Waals surface area contributed by atoms with Gasteiger partial charge in [-0.25, -0.2) is 0 Å². The van der Waals surface area contributed by atoms with Gasteiger partial charge in [-0.2, -0.15) is 0 Å². The second-order valence-electron chi connectivity index (χ2n) is 4.91. The molecule has 2 rings (SSSR count). The van der Waals surface area contributed by atoms with Gasteiger partial charge in [0.25, 0.3) is 0 Å². The summed E-state index contributed by atoms with van der Waals surface area (Å²) in [7, 11) is 0. The maximum absolute atomic E-state index is 6.09. The lowest BCUT2D eigenvalue weighted by atomic mass is 10.2. The van der Waals surface area contributed by atoms with Crippen molar-refractivity contribution in [2.45, 2.75) is 26.8 Å². The topological polar surface area (TPSA) is 30.5 Å². The van der Waals surface area contributed by atoms with Crippen LogP contribution in [-0.2, 0) is 6.54 Å². The summed E-state index contributed by atoms with van der Waals surface area (Å²) < 4.78 is 11.2. The van der Waals surface area contributed by atoms with E-state index in [1.807, 2.05) is 49.4 Å². The Kier molecular flexibility index (Phi) is 6.41. The van der Waals surface area contributed by atoms with Crippen LogP contribution in [0.2, 0.25) is 5.02 Å². The number of ether oxygens (including phenoxy) is 2. The summed E-state index contributed by atoms with van der Waals surface area (Å²) >= 11 is 6.09. The van der Waals surface area contributed by atoms with Crippen molar-refractivity contribution in [2.24, 2.45) is 0 Å².